The second kappa shape index (κ2) is 5.09. The molecule has 1 aromatic carbocycles. The topological polar surface area (TPSA) is 58.4 Å². The Balaban J connectivity index is 2.01. The first-order chi connectivity index (χ1) is 9.66. The molecule has 0 fully saturated rings. The van der Waals surface area contributed by atoms with Gasteiger partial charge in [-0.3, -0.25) is 9.48 Å². The number of aryl methyl sites for hydroxylation is 1. The predicted octanol–water partition coefficient (Wildman–Crippen LogP) is 1.89. The highest BCUT2D eigenvalue weighted by atomic mass is 16.3. The molecule has 5 heteroatoms. The van der Waals surface area contributed by atoms with E-state index in [0.29, 0.717) is 18.7 Å². The van der Waals surface area contributed by atoms with Gasteiger partial charge >= 0.3 is 0 Å². The van der Waals surface area contributed by atoms with Gasteiger partial charge in [0.05, 0.1) is 6.10 Å². The van der Waals surface area contributed by atoms with E-state index < -0.39 is 6.10 Å². The predicted molar refractivity (Wildman–Crippen MR) is 75.5 cm³/mol. The molecule has 1 aliphatic rings. The van der Waals surface area contributed by atoms with Crippen LogP contribution < -0.4 is 4.90 Å². The molecule has 0 radical (unpaired) electrons. The molecule has 1 unspecified atom stereocenters. The molecule has 0 aliphatic carbocycles. The number of nitrogens with zero attached hydrogens (tertiary/aromatic N) is 3. The van der Waals surface area contributed by atoms with Crippen LogP contribution in [-0.4, -0.2) is 27.3 Å². The highest BCUT2D eigenvalue weighted by Gasteiger charge is 2.26. The average molecular weight is 271 g/mol. The number of hydrogen-bond donors (Lipinski definition) is 1. The lowest BCUT2D eigenvalue weighted by molar-refractivity contribution is 0.0981. The molecular formula is C15H17N3O2. The van der Waals surface area contributed by atoms with Gasteiger partial charge < -0.3 is 10.0 Å². The molecule has 0 bridgehead atoms. The van der Waals surface area contributed by atoms with Gasteiger partial charge in [0.1, 0.15) is 0 Å². The Kier molecular flexibility index (Phi) is 3.28. The first-order valence-electron chi connectivity index (χ1n) is 6.75. The van der Waals surface area contributed by atoms with Crippen molar-refractivity contribution in [2.24, 2.45) is 7.05 Å². The van der Waals surface area contributed by atoms with Crippen LogP contribution in [0.2, 0.25) is 0 Å². The van der Waals surface area contributed by atoms with E-state index in [1.54, 1.807) is 28.9 Å². The minimum absolute atomic E-state index is 0.118. The Labute approximate surface area is 117 Å². The number of para-hydroxylation sites is 1. The van der Waals surface area contributed by atoms with Crippen molar-refractivity contribution in [3.05, 3.63) is 47.8 Å². The normalized spacial score (nSPS) is 18.5. The fourth-order valence-electron chi connectivity index (χ4n) is 2.61. The van der Waals surface area contributed by atoms with Crippen LogP contribution in [0.15, 0.2) is 36.5 Å². The molecule has 104 valence electrons. The molecule has 1 aliphatic heterocycles. The Hall–Kier alpha value is -2.14. The van der Waals surface area contributed by atoms with Crippen LogP contribution in [0.3, 0.4) is 0 Å². The van der Waals surface area contributed by atoms with Gasteiger partial charge in [-0.15, -0.1) is 0 Å². The highest BCUT2D eigenvalue weighted by Crippen LogP contribution is 2.33. The largest absolute Gasteiger partial charge is 0.388 e. The van der Waals surface area contributed by atoms with Crippen molar-refractivity contribution in [2.75, 3.05) is 11.4 Å². The molecule has 0 saturated heterocycles. The molecule has 0 saturated carbocycles. The number of rotatable bonds is 1. The molecular weight excluding hydrogens is 254 g/mol. The van der Waals surface area contributed by atoms with E-state index in [4.69, 9.17) is 0 Å². The summed E-state index contributed by atoms with van der Waals surface area (Å²) in [4.78, 5) is 14.3. The molecule has 1 amide bonds. The van der Waals surface area contributed by atoms with Crippen molar-refractivity contribution in [3.63, 3.8) is 0 Å². The molecule has 2 heterocycles. The summed E-state index contributed by atoms with van der Waals surface area (Å²) in [7, 11) is 1.79. The number of aliphatic hydroxyl groups excluding tert-OH is 1. The molecule has 1 aromatic heterocycles. The zero-order valence-corrected chi connectivity index (χ0v) is 11.4. The molecule has 0 spiro atoms. The molecule has 5 nitrogen and oxygen atoms in total. The van der Waals surface area contributed by atoms with Crippen LogP contribution >= 0.6 is 0 Å². The van der Waals surface area contributed by atoms with Crippen LogP contribution in [0.25, 0.3) is 0 Å². The number of amides is 1. The zero-order chi connectivity index (χ0) is 14.1. The van der Waals surface area contributed by atoms with E-state index in [1.165, 1.54) is 0 Å². The number of anilines is 1. The Morgan fingerprint density at radius 3 is 2.90 bits per heavy atom. The summed E-state index contributed by atoms with van der Waals surface area (Å²) in [5.41, 5.74) is 2.03. The van der Waals surface area contributed by atoms with E-state index in [0.717, 1.165) is 17.7 Å². The van der Waals surface area contributed by atoms with Crippen LogP contribution in [0.5, 0.6) is 0 Å². The van der Waals surface area contributed by atoms with Crippen molar-refractivity contribution in [2.45, 2.75) is 18.9 Å². The summed E-state index contributed by atoms with van der Waals surface area (Å²) in [6.45, 7) is 0.601. The number of aliphatic hydroxyl groups is 1. The summed E-state index contributed by atoms with van der Waals surface area (Å²) in [6.07, 6.45) is 2.69. The lowest BCUT2D eigenvalue weighted by Gasteiger charge is -2.22. The summed E-state index contributed by atoms with van der Waals surface area (Å²) in [5.74, 6) is -0.118. The number of fused-ring (bicyclic) bond motifs is 1. The lowest BCUT2D eigenvalue weighted by atomic mass is 10.0. The lowest BCUT2D eigenvalue weighted by Crippen LogP contribution is -2.32. The summed E-state index contributed by atoms with van der Waals surface area (Å²) < 4.78 is 1.62. The maximum atomic E-state index is 12.6. The minimum Gasteiger partial charge on any atom is -0.388 e. The van der Waals surface area contributed by atoms with Crippen molar-refractivity contribution in [1.29, 1.82) is 0 Å². The second-order valence-corrected chi connectivity index (χ2v) is 5.05. The smallest absolute Gasteiger partial charge is 0.278 e. The monoisotopic (exact) mass is 271 g/mol. The van der Waals surface area contributed by atoms with E-state index in [-0.39, 0.29) is 5.91 Å². The average Bonchev–Trinajstić information content (AvgIpc) is 2.82. The number of carbonyl (C=O) groups is 1. The quantitative estimate of drug-likeness (QED) is 0.861. The maximum Gasteiger partial charge on any atom is 0.278 e. The van der Waals surface area contributed by atoms with Crippen molar-refractivity contribution in [3.8, 4) is 0 Å². The molecule has 3 rings (SSSR count). The van der Waals surface area contributed by atoms with E-state index in [1.807, 2.05) is 24.3 Å². The van der Waals surface area contributed by atoms with E-state index in [9.17, 15) is 9.90 Å². The summed E-state index contributed by atoms with van der Waals surface area (Å²) >= 11 is 0. The SMILES string of the molecule is Cn1ccc(C(=O)N2CCCC(O)c3ccccc32)n1. The number of hydrogen-bond acceptors (Lipinski definition) is 3. The third-order valence-electron chi connectivity index (χ3n) is 3.62. The molecule has 2 aromatic rings. The Morgan fingerprint density at radius 1 is 1.35 bits per heavy atom. The third kappa shape index (κ3) is 2.20. The van der Waals surface area contributed by atoms with Crippen LogP contribution in [0.4, 0.5) is 5.69 Å². The maximum absolute atomic E-state index is 12.6. The van der Waals surface area contributed by atoms with Crippen LogP contribution in [0, 0.1) is 0 Å². The number of aromatic nitrogens is 2. The van der Waals surface area contributed by atoms with Crippen molar-refractivity contribution >= 4 is 11.6 Å². The van der Waals surface area contributed by atoms with Crippen molar-refractivity contribution < 1.29 is 9.90 Å². The highest BCUT2D eigenvalue weighted by molar-refractivity contribution is 6.05. The zero-order valence-electron chi connectivity index (χ0n) is 11.4. The molecule has 1 atom stereocenters. The third-order valence-corrected chi connectivity index (χ3v) is 3.62. The van der Waals surface area contributed by atoms with Crippen molar-refractivity contribution in [1.82, 2.24) is 9.78 Å². The van der Waals surface area contributed by atoms with Gasteiger partial charge in [-0.05, 0) is 25.0 Å². The minimum atomic E-state index is -0.507. The van der Waals surface area contributed by atoms with Gasteiger partial charge in [-0.25, -0.2) is 0 Å². The van der Waals surface area contributed by atoms with Gasteiger partial charge in [-0.1, -0.05) is 18.2 Å². The van der Waals surface area contributed by atoms with E-state index >= 15 is 0 Å². The standard InChI is InChI=1S/C15H17N3O2/c1-17-10-8-12(16-17)15(20)18-9-4-7-14(19)11-5-2-3-6-13(11)18/h2-3,5-6,8,10,14,19H,4,7,9H2,1H3. The van der Waals surface area contributed by atoms with Gasteiger partial charge in [0.25, 0.3) is 5.91 Å². The first-order valence-corrected chi connectivity index (χ1v) is 6.75. The van der Waals surface area contributed by atoms with Crippen LogP contribution in [0.1, 0.15) is 35.0 Å². The molecule has 1 N–H and O–H groups in total. The van der Waals surface area contributed by atoms with Gasteiger partial charge in [0.2, 0.25) is 0 Å². The first kappa shape index (κ1) is 12.9. The number of benzene rings is 1. The number of carbonyl (C=O) groups excluding carboxylic acids is 1. The second-order valence-electron chi connectivity index (χ2n) is 5.05. The van der Waals surface area contributed by atoms with Crippen LogP contribution in [-0.2, 0) is 7.05 Å². The van der Waals surface area contributed by atoms with Gasteiger partial charge in [0, 0.05) is 31.0 Å². The fraction of sp³-hybridized carbons (Fsp3) is 0.333. The van der Waals surface area contributed by atoms with Gasteiger partial charge in [-0.2, -0.15) is 5.10 Å². The Bertz CT molecular complexity index is 636. The fourth-order valence-corrected chi connectivity index (χ4v) is 2.61. The summed E-state index contributed by atoms with van der Waals surface area (Å²) in [6, 6.07) is 9.24. The molecule has 20 heavy (non-hydrogen) atoms. The Morgan fingerprint density at radius 2 is 2.15 bits per heavy atom. The van der Waals surface area contributed by atoms with E-state index in [2.05, 4.69) is 5.10 Å². The summed E-state index contributed by atoms with van der Waals surface area (Å²) in [5, 5.41) is 14.3. The van der Waals surface area contributed by atoms with Gasteiger partial charge in [0.15, 0.2) is 5.69 Å².